The molecule has 0 spiro atoms. The predicted molar refractivity (Wildman–Crippen MR) is 64.9 cm³/mol. The summed E-state index contributed by atoms with van der Waals surface area (Å²) in [5, 5.41) is 3.37. The highest BCUT2D eigenvalue weighted by molar-refractivity contribution is 14.1. The van der Waals surface area contributed by atoms with Crippen molar-refractivity contribution in [3.8, 4) is 0 Å². The van der Waals surface area contributed by atoms with E-state index >= 15 is 0 Å². The van der Waals surface area contributed by atoms with E-state index in [4.69, 9.17) is 0 Å². The van der Waals surface area contributed by atoms with E-state index in [1.54, 1.807) is 6.07 Å². The van der Waals surface area contributed by atoms with Gasteiger partial charge in [0.2, 0.25) is 0 Å². The fourth-order valence-corrected chi connectivity index (χ4v) is 2.37. The second-order valence-electron chi connectivity index (χ2n) is 4.02. The second-order valence-corrected chi connectivity index (χ2v) is 5.10. The standard InChI is InChI=1S/C11H13FIN/c1-7-5-8(6-7)14-10-4-2-3-9(12)11(10)13/h2-4,7-8,14H,5-6H2,1H3. The summed E-state index contributed by atoms with van der Waals surface area (Å²) in [5.74, 6) is 0.682. The van der Waals surface area contributed by atoms with Gasteiger partial charge in [-0.3, -0.25) is 0 Å². The number of benzene rings is 1. The first-order chi connectivity index (χ1) is 6.66. The third-order valence-corrected chi connectivity index (χ3v) is 3.78. The van der Waals surface area contributed by atoms with E-state index in [1.807, 2.05) is 28.7 Å². The molecule has 0 radical (unpaired) electrons. The molecule has 0 unspecified atom stereocenters. The van der Waals surface area contributed by atoms with Gasteiger partial charge < -0.3 is 5.32 Å². The number of nitrogens with one attached hydrogen (secondary N) is 1. The zero-order valence-corrected chi connectivity index (χ0v) is 10.2. The minimum absolute atomic E-state index is 0.136. The summed E-state index contributed by atoms with van der Waals surface area (Å²) < 4.78 is 13.9. The molecular weight excluding hydrogens is 292 g/mol. The maximum absolute atomic E-state index is 13.2. The zero-order valence-electron chi connectivity index (χ0n) is 8.06. The molecule has 1 N–H and O–H groups in total. The smallest absolute Gasteiger partial charge is 0.138 e. The Morgan fingerprint density at radius 1 is 1.43 bits per heavy atom. The summed E-state index contributed by atoms with van der Waals surface area (Å²) in [6.45, 7) is 2.24. The third-order valence-electron chi connectivity index (χ3n) is 2.68. The zero-order chi connectivity index (χ0) is 10.1. The summed E-state index contributed by atoms with van der Waals surface area (Å²) >= 11 is 2.05. The molecule has 0 heterocycles. The van der Waals surface area contributed by atoms with Gasteiger partial charge in [-0.15, -0.1) is 0 Å². The first-order valence-electron chi connectivity index (χ1n) is 4.87. The van der Waals surface area contributed by atoms with E-state index in [0.717, 1.165) is 11.6 Å². The van der Waals surface area contributed by atoms with Crippen molar-refractivity contribution in [2.45, 2.75) is 25.8 Å². The van der Waals surface area contributed by atoms with Gasteiger partial charge >= 0.3 is 0 Å². The van der Waals surface area contributed by atoms with Gasteiger partial charge in [0.25, 0.3) is 0 Å². The van der Waals surface area contributed by atoms with Crippen molar-refractivity contribution in [2.75, 3.05) is 5.32 Å². The Balaban J connectivity index is 2.06. The topological polar surface area (TPSA) is 12.0 Å². The quantitative estimate of drug-likeness (QED) is 0.823. The molecule has 0 aliphatic heterocycles. The van der Waals surface area contributed by atoms with Crippen LogP contribution in [0.4, 0.5) is 10.1 Å². The lowest BCUT2D eigenvalue weighted by atomic mass is 9.82. The first kappa shape index (κ1) is 10.2. The summed E-state index contributed by atoms with van der Waals surface area (Å²) in [4.78, 5) is 0. The molecule has 1 aromatic carbocycles. The molecule has 1 aromatic rings. The van der Waals surface area contributed by atoms with Crippen LogP contribution in [0.2, 0.25) is 0 Å². The van der Waals surface area contributed by atoms with Crippen LogP contribution in [0.3, 0.4) is 0 Å². The van der Waals surface area contributed by atoms with Crippen LogP contribution in [0, 0.1) is 15.3 Å². The molecule has 1 aliphatic carbocycles. The Kier molecular flexibility index (Phi) is 2.95. The Morgan fingerprint density at radius 2 is 2.14 bits per heavy atom. The van der Waals surface area contributed by atoms with Crippen molar-refractivity contribution in [3.63, 3.8) is 0 Å². The highest BCUT2D eigenvalue weighted by Gasteiger charge is 2.25. The van der Waals surface area contributed by atoms with Gasteiger partial charge in [-0.05, 0) is 53.5 Å². The van der Waals surface area contributed by atoms with Gasteiger partial charge in [-0.2, -0.15) is 0 Å². The number of hydrogen-bond donors (Lipinski definition) is 1. The van der Waals surface area contributed by atoms with Gasteiger partial charge in [0.1, 0.15) is 5.82 Å². The monoisotopic (exact) mass is 305 g/mol. The summed E-state index contributed by atoms with van der Waals surface area (Å²) in [6, 6.07) is 5.73. The minimum atomic E-state index is -0.136. The average Bonchev–Trinajstić information content (AvgIpc) is 2.10. The van der Waals surface area contributed by atoms with Gasteiger partial charge in [0.05, 0.1) is 9.26 Å². The number of rotatable bonds is 2. The molecule has 0 bridgehead atoms. The van der Waals surface area contributed by atoms with E-state index in [9.17, 15) is 4.39 Å². The maximum Gasteiger partial charge on any atom is 0.138 e. The van der Waals surface area contributed by atoms with E-state index in [2.05, 4.69) is 12.2 Å². The van der Waals surface area contributed by atoms with Crippen LogP contribution < -0.4 is 5.32 Å². The molecule has 1 aliphatic rings. The Bertz CT molecular complexity index is 334. The van der Waals surface area contributed by atoms with Crippen molar-refractivity contribution < 1.29 is 4.39 Å². The van der Waals surface area contributed by atoms with Crippen LogP contribution in [0.1, 0.15) is 19.8 Å². The molecular formula is C11H13FIN. The predicted octanol–water partition coefficient (Wildman–Crippen LogP) is 3.64. The third kappa shape index (κ3) is 2.02. The molecule has 0 aromatic heterocycles. The molecule has 1 fully saturated rings. The average molecular weight is 305 g/mol. The molecule has 1 saturated carbocycles. The molecule has 1 nitrogen and oxygen atoms in total. The normalized spacial score (nSPS) is 25.6. The van der Waals surface area contributed by atoms with E-state index in [-0.39, 0.29) is 5.82 Å². The van der Waals surface area contributed by atoms with Gasteiger partial charge in [0, 0.05) is 6.04 Å². The van der Waals surface area contributed by atoms with Crippen molar-refractivity contribution >= 4 is 28.3 Å². The van der Waals surface area contributed by atoms with Crippen molar-refractivity contribution in [1.29, 1.82) is 0 Å². The van der Waals surface area contributed by atoms with Crippen molar-refractivity contribution in [2.24, 2.45) is 5.92 Å². The molecule has 3 heteroatoms. The van der Waals surface area contributed by atoms with Crippen LogP contribution in [-0.4, -0.2) is 6.04 Å². The van der Waals surface area contributed by atoms with Crippen LogP contribution in [-0.2, 0) is 0 Å². The van der Waals surface area contributed by atoms with Gasteiger partial charge in [-0.1, -0.05) is 13.0 Å². The highest BCUT2D eigenvalue weighted by atomic mass is 127. The highest BCUT2D eigenvalue weighted by Crippen LogP contribution is 2.31. The summed E-state index contributed by atoms with van der Waals surface area (Å²) in [7, 11) is 0. The fourth-order valence-electron chi connectivity index (χ4n) is 1.86. The largest absolute Gasteiger partial charge is 0.381 e. The lowest BCUT2D eigenvalue weighted by molar-refractivity contribution is 0.309. The molecule has 14 heavy (non-hydrogen) atoms. The maximum atomic E-state index is 13.2. The Labute approximate surface area is 97.2 Å². The van der Waals surface area contributed by atoms with Gasteiger partial charge in [0.15, 0.2) is 0 Å². The molecule has 0 amide bonds. The Hall–Kier alpha value is -0.320. The lowest BCUT2D eigenvalue weighted by Crippen LogP contribution is -2.34. The molecule has 0 saturated heterocycles. The fraction of sp³-hybridized carbons (Fsp3) is 0.455. The summed E-state index contributed by atoms with van der Waals surface area (Å²) in [5.41, 5.74) is 0.933. The molecule has 76 valence electrons. The van der Waals surface area contributed by atoms with Crippen molar-refractivity contribution in [1.82, 2.24) is 0 Å². The van der Waals surface area contributed by atoms with Crippen LogP contribution in [0.5, 0.6) is 0 Å². The lowest BCUT2D eigenvalue weighted by Gasteiger charge is -2.34. The van der Waals surface area contributed by atoms with Crippen molar-refractivity contribution in [3.05, 3.63) is 27.6 Å². The SMILES string of the molecule is CC1CC(Nc2cccc(F)c2I)C1. The number of hydrogen-bond acceptors (Lipinski definition) is 1. The van der Waals surface area contributed by atoms with E-state index in [0.29, 0.717) is 9.61 Å². The Morgan fingerprint density at radius 3 is 2.79 bits per heavy atom. The van der Waals surface area contributed by atoms with Crippen LogP contribution >= 0.6 is 22.6 Å². The van der Waals surface area contributed by atoms with Crippen LogP contribution in [0.25, 0.3) is 0 Å². The van der Waals surface area contributed by atoms with Crippen LogP contribution in [0.15, 0.2) is 18.2 Å². The number of halogens is 2. The minimum Gasteiger partial charge on any atom is -0.381 e. The van der Waals surface area contributed by atoms with E-state index in [1.165, 1.54) is 18.9 Å². The first-order valence-corrected chi connectivity index (χ1v) is 5.95. The number of anilines is 1. The summed E-state index contributed by atoms with van der Waals surface area (Å²) in [6.07, 6.45) is 2.40. The second kappa shape index (κ2) is 4.04. The van der Waals surface area contributed by atoms with Gasteiger partial charge in [-0.25, -0.2) is 4.39 Å². The molecule has 0 atom stereocenters. The van der Waals surface area contributed by atoms with E-state index < -0.39 is 0 Å². The molecule has 2 rings (SSSR count).